The second-order valence-electron chi connectivity index (χ2n) is 6.37. The van der Waals surface area contributed by atoms with Gasteiger partial charge in [0, 0.05) is 12.1 Å². The number of nitrogens with one attached hydrogen (secondary N) is 1. The number of carbonyl (C=O) groups is 2. The molecule has 150 valence electrons. The van der Waals surface area contributed by atoms with Crippen molar-refractivity contribution in [1.82, 2.24) is 10.2 Å². The molecule has 0 bridgehead atoms. The second-order valence-corrected chi connectivity index (χ2v) is 6.37. The van der Waals surface area contributed by atoms with Gasteiger partial charge in [-0.1, -0.05) is 12.1 Å². The number of nitro benzene ring substituents is 1. The third kappa shape index (κ3) is 4.03. The topological polar surface area (TPSA) is 111 Å². The van der Waals surface area contributed by atoms with Gasteiger partial charge in [0.25, 0.3) is 11.6 Å². The molecule has 0 aliphatic carbocycles. The van der Waals surface area contributed by atoms with Crippen molar-refractivity contribution >= 4 is 23.7 Å². The van der Waals surface area contributed by atoms with Crippen molar-refractivity contribution in [2.45, 2.75) is 13.5 Å². The van der Waals surface area contributed by atoms with Crippen molar-refractivity contribution in [2.75, 3.05) is 14.2 Å². The summed E-state index contributed by atoms with van der Waals surface area (Å²) in [6.45, 7) is 1.86. The first kappa shape index (κ1) is 19.9. The number of urea groups is 1. The summed E-state index contributed by atoms with van der Waals surface area (Å²) in [5, 5.41) is 13.3. The highest BCUT2D eigenvalue weighted by molar-refractivity contribution is 6.14. The molecule has 1 aliphatic rings. The van der Waals surface area contributed by atoms with Gasteiger partial charge in [0.15, 0.2) is 11.5 Å². The fourth-order valence-corrected chi connectivity index (χ4v) is 2.93. The number of aryl methyl sites for hydroxylation is 1. The lowest BCUT2D eigenvalue weighted by Crippen LogP contribution is -2.30. The van der Waals surface area contributed by atoms with E-state index in [1.54, 1.807) is 18.2 Å². The van der Waals surface area contributed by atoms with E-state index in [0.29, 0.717) is 22.6 Å². The Morgan fingerprint density at radius 1 is 1.10 bits per heavy atom. The first-order valence-corrected chi connectivity index (χ1v) is 8.64. The number of amides is 3. The van der Waals surface area contributed by atoms with Crippen molar-refractivity contribution in [2.24, 2.45) is 0 Å². The summed E-state index contributed by atoms with van der Waals surface area (Å²) in [6, 6.07) is 8.63. The van der Waals surface area contributed by atoms with Crippen LogP contribution in [0.15, 0.2) is 42.1 Å². The minimum Gasteiger partial charge on any atom is -0.493 e. The molecule has 1 aliphatic heterocycles. The van der Waals surface area contributed by atoms with E-state index in [2.05, 4.69) is 5.32 Å². The molecule has 9 nitrogen and oxygen atoms in total. The Labute approximate surface area is 166 Å². The van der Waals surface area contributed by atoms with E-state index in [9.17, 15) is 19.7 Å². The first-order chi connectivity index (χ1) is 13.8. The average molecular weight is 397 g/mol. The number of nitro groups is 1. The van der Waals surface area contributed by atoms with Crippen LogP contribution in [0.3, 0.4) is 0 Å². The maximum Gasteiger partial charge on any atom is 0.329 e. The lowest BCUT2D eigenvalue weighted by atomic mass is 10.1. The van der Waals surface area contributed by atoms with E-state index in [0.717, 1.165) is 10.5 Å². The highest BCUT2D eigenvalue weighted by Crippen LogP contribution is 2.31. The lowest BCUT2D eigenvalue weighted by molar-refractivity contribution is -0.384. The molecular weight excluding hydrogens is 378 g/mol. The van der Waals surface area contributed by atoms with Crippen LogP contribution < -0.4 is 14.8 Å². The van der Waals surface area contributed by atoms with E-state index in [1.165, 1.54) is 38.5 Å². The van der Waals surface area contributed by atoms with E-state index in [1.807, 2.05) is 6.92 Å². The van der Waals surface area contributed by atoms with Gasteiger partial charge in [-0.3, -0.25) is 19.8 Å². The standard InChI is InChI=1S/C20H19N3O6/c1-12-8-17(28-2)18(29-3)10-14(12)9-16-19(24)22(20(25)21-16)11-13-4-6-15(7-5-13)23(26)27/h4-10H,11H2,1-3H3,(H,21,25)/b16-9-. The molecule has 29 heavy (non-hydrogen) atoms. The Morgan fingerprint density at radius 3 is 2.31 bits per heavy atom. The molecule has 1 saturated heterocycles. The van der Waals surface area contributed by atoms with Gasteiger partial charge in [-0.05, 0) is 41.8 Å². The number of carbonyl (C=O) groups excluding carboxylic acids is 2. The predicted octanol–water partition coefficient (Wildman–Crippen LogP) is 3.01. The molecule has 1 fully saturated rings. The molecule has 0 radical (unpaired) electrons. The van der Waals surface area contributed by atoms with Crippen LogP contribution in [0.4, 0.5) is 10.5 Å². The molecule has 3 amide bonds. The fourth-order valence-electron chi connectivity index (χ4n) is 2.93. The number of rotatable bonds is 6. The van der Waals surface area contributed by atoms with Gasteiger partial charge in [-0.15, -0.1) is 0 Å². The van der Waals surface area contributed by atoms with Crippen LogP contribution >= 0.6 is 0 Å². The van der Waals surface area contributed by atoms with Crippen molar-refractivity contribution in [3.8, 4) is 11.5 Å². The lowest BCUT2D eigenvalue weighted by Gasteiger charge is -2.12. The maximum atomic E-state index is 12.7. The van der Waals surface area contributed by atoms with Crippen LogP contribution in [0.5, 0.6) is 11.5 Å². The normalized spacial score (nSPS) is 14.9. The molecule has 0 unspecified atom stereocenters. The van der Waals surface area contributed by atoms with E-state index in [4.69, 9.17) is 9.47 Å². The molecule has 2 aromatic rings. The number of imide groups is 1. The molecular formula is C20H19N3O6. The molecule has 2 aromatic carbocycles. The average Bonchev–Trinajstić information content (AvgIpc) is 2.96. The predicted molar refractivity (Wildman–Crippen MR) is 104 cm³/mol. The Morgan fingerprint density at radius 2 is 1.72 bits per heavy atom. The smallest absolute Gasteiger partial charge is 0.329 e. The molecule has 0 atom stereocenters. The Kier molecular flexibility index (Phi) is 5.49. The van der Waals surface area contributed by atoms with Crippen LogP contribution in [0.25, 0.3) is 6.08 Å². The Balaban J connectivity index is 1.84. The number of ether oxygens (including phenoxy) is 2. The fraction of sp³-hybridized carbons (Fsp3) is 0.200. The summed E-state index contributed by atoms with van der Waals surface area (Å²) < 4.78 is 10.5. The molecule has 0 spiro atoms. The van der Waals surface area contributed by atoms with Gasteiger partial charge in [-0.25, -0.2) is 4.79 Å². The largest absolute Gasteiger partial charge is 0.493 e. The SMILES string of the molecule is COc1cc(C)c(/C=C2\NC(=O)N(Cc3ccc([N+](=O)[O-])cc3)C2=O)cc1OC. The quantitative estimate of drug-likeness (QED) is 0.347. The number of hydrogen-bond donors (Lipinski definition) is 1. The zero-order chi connectivity index (χ0) is 21.1. The summed E-state index contributed by atoms with van der Waals surface area (Å²) in [4.78, 5) is 36.3. The minimum atomic E-state index is -0.558. The highest BCUT2D eigenvalue weighted by atomic mass is 16.6. The van der Waals surface area contributed by atoms with Crippen LogP contribution in [0.1, 0.15) is 16.7 Å². The number of hydrogen-bond acceptors (Lipinski definition) is 6. The maximum absolute atomic E-state index is 12.7. The molecule has 1 N–H and O–H groups in total. The minimum absolute atomic E-state index is 0.00488. The molecule has 9 heteroatoms. The first-order valence-electron chi connectivity index (χ1n) is 8.64. The van der Waals surface area contributed by atoms with Crippen molar-refractivity contribution < 1.29 is 24.0 Å². The molecule has 0 saturated carbocycles. The van der Waals surface area contributed by atoms with Gasteiger partial charge >= 0.3 is 6.03 Å². The van der Waals surface area contributed by atoms with E-state index in [-0.39, 0.29) is 17.9 Å². The van der Waals surface area contributed by atoms with Crippen LogP contribution in [0.2, 0.25) is 0 Å². The summed E-state index contributed by atoms with van der Waals surface area (Å²) >= 11 is 0. The van der Waals surface area contributed by atoms with Crippen molar-refractivity contribution in [3.05, 3.63) is 68.9 Å². The van der Waals surface area contributed by atoms with Gasteiger partial charge < -0.3 is 14.8 Å². The number of benzene rings is 2. The number of nitrogens with zero attached hydrogens (tertiary/aromatic N) is 2. The van der Waals surface area contributed by atoms with Gasteiger partial charge in [0.1, 0.15) is 5.70 Å². The van der Waals surface area contributed by atoms with Crippen LogP contribution in [0, 0.1) is 17.0 Å². The van der Waals surface area contributed by atoms with E-state index < -0.39 is 16.9 Å². The molecule has 0 aromatic heterocycles. The molecule has 3 rings (SSSR count). The highest BCUT2D eigenvalue weighted by Gasteiger charge is 2.33. The Hall–Kier alpha value is -3.88. The summed E-state index contributed by atoms with van der Waals surface area (Å²) in [5.41, 5.74) is 2.21. The van der Waals surface area contributed by atoms with Crippen molar-refractivity contribution in [3.63, 3.8) is 0 Å². The zero-order valence-electron chi connectivity index (χ0n) is 16.1. The zero-order valence-corrected chi connectivity index (χ0v) is 16.1. The van der Waals surface area contributed by atoms with Crippen LogP contribution in [-0.2, 0) is 11.3 Å². The monoisotopic (exact) mass is 397 g/mol. The van der Waals surface area contributed by atoms with Crippen molar-refractivity contribution in [1.29, 1.82) is 0 Å². The summed E-state index contributed by atoms with van der Waals surface area (Å²) in [7, 11) is 3.05. The van der Waals surface area contributed by atoms with E-state index >= 15 is 0 Å². The summed E-state index contributed by atoms with van der Waals surface area (Å²) in [6.07, 6.45) is 1.58. The third-order valence-corrected chi connectivity index (χ3v) is 4.52. The van der Waals surface area contributed by atoms with Crippen LogP contribution in [-0.4, -0.2) is 36.0 Å². The summed E-state index contributed by atoms with van der Waals surface area (Å²) in [5.74, 6) is 0.584. The number of methoxy groups -OCH3 is 2. The Bertz CT molecular complexity index is 1010. The van der Waals surface area contributed by atoms with Gasteiger partial charge in [0.2, 0.25) is 0 Å². The molecule has 1 heterocycles. The number of non-ortho nitro benzene ring substituents is 1. The van der Waals surface area contributed by atoms with Gasteiger partial charge in [-0.2, -0.15) is 0 Å². The third-order valence-electron chi connectivity index (χ3n) is 4.52. The second kappa shape index (κ2) is 8.01. The van der Waals surface area contributed by atoms with Gasteiger partial charge in [0.05, 0.1) is 25.7 Å².